The molecule has 0 aromatic carbocycles. The summed E-state index contributed by atoms with van der Waals surface area (Å²) < 4.78 is 0. The van der Waals surface area contributed by atoms with E-state index in [1.54, 1.807) is 0 Å². The molecule has 0 radical (unpaired) electrons. The number of hydrogen-bond donors (Lipinski definition) is 7. The lowest BCUT2D eigenvalue weighted by molar-refractivity contribution is -0.143. The van der Waals surface area contributed by atoms with Gasteiger partial charge in [-0.3, -0.25) is 19.4 Å². The van der Waals surface area contributed by atoms with Crippen LogP contribution in [0.15, 0.2) is 4.99 Å². The normalized spacial score (nSPS) is 19.1. The summed E-state index contributed by atoms with van der Waals surface area (Å²) in [5.41, 5.74) is 16.3. The van der Waals surface area contributed by atoms with Crippen LogP contribution in [0.1, 0.15) is 52.9 Å². The number of aliphatic carboxylic acids is 1. The van der Waals surface area contributed by atoms with Crippen molar-refractivity contribution in [1.29, 1.82) is 0 Å². The highest BCUT2D eigenvalue weighted by atomic mass is 16.4. The second-order valence-electron chi connectivity index (χ2n) is 8.99. The third kappa shape index (κ3) is 9.14. The minimum Gasteiger partial charge on any atom is -0.480 e. The fraction of sp³-hybridized carbons (Fsp3) is 0.762. The van der Waals surface area contributed by atoms with E-state index in [0.29, 0.717) is 25.8 Å². The van der Waals surface area contributed by atoms with E-state index in [-0.39, 0.29) is 31.3 Å². The number of aliphatic hydroxyl groups is 1. The Balaban J connectivity index is 2.88. The van der Waals surface area contributed by atoms with Crippen molar-refractivity contribution in [3.05, 3.63) is 0 Å². The van der Waals surface area contributed by atoms with E-state index < -0.39 is 54.0 Å². The average Bonchev–Trinajstić information content (AvgIpc) is 3.23. The van der Waals surface area contributed by atoms with Crippen LogP contribution < -0.4 is 27.8 Å². The van der Waals surface area contributed by atoms with E-state index in [4.69, 9.17) is 17.2 Å². The van der Waals surface area contributed by atoms with Crippen LogP contribution in [0.25, 0.3) is 0 Å². The summed E-state index contributed by atoms with van der Waals surface area (Å²) in [7, 11) is 0. The Morgan fingerprint density at radius 2 is 1.76 bits per heavy atom. The lowest BCUT2D eigenvalue weighted by Gasteiger charge is -2.29. The predicted molar refractivity (Wildman–Crippen MR) is 125 cm³/mol. The molecule has 3 amide bonds. The number of rotatable bonds is 13. The number of likely N-dealkylation sites (tertiary alicyclic amines) is 1. The largest absolute Gasteiger partial charge is 0.480 e. The third-order valence-electron chi connectivity index (χ3n) is 5.54. The topological polar surface area (TPSA) is 226 Å². The SMILES string of the molecule is CC(C)CC(NC(=O)C1CCCN1C(=O)C(N)C(C)O)C(=O)NC(CCCN=C(N)N)C(=O)O. The molecular formula is C21H39N7O6. The van der Waals surface area contributed by atoms with Gasteiger partial charge in [-0.1, -0.05) is 13.8 Å². The molecule has 5 unspecified atom stereocenters. The summed E-state index contributed by atoms with van der Waals surface area (Å²) >= 11 is 0. The van der Waals surface area contributed by atoms with Gasteiger partial charge in [0, 0.05) is 13.1 Å². The molecule has 10 N–H and O–H groups in total. The first-order valence-electron chi connectivity index (χ1n) is 11.5. The van der Waals surface area contributed by atoms with Gasteiger partial charge in [0.05, 0.1) is 6.10 Å². The molecule has 194 valence electrons. The minimum atomic E-state index is -1.22. The number of aliphatic hydroxyl groups excluding tert-OH is 1. The fourth-order valence-electron chi connectivity index (χ4n) is 3.70. The van der Waals surface area contributed by atoms with E-state index >= 15 is 0 Å². The molecule has 0 saturated carbocycles. The second kappa shape index (κ2) is 13.7. The van der Waals surface area contributed by atoms with E-state index in [0.717, 1.165) is 0 Å². The predicted octanol–water partition coefficient (Wildman–Crippen LogP) is -2.16. The van der Waals surface area contributed by atoms with Crippen molar-refractivity contribution in [3.63, 3.8) is 0 Å². The molecule has 34 heavy (non-hydrogen) atoms. The Hall–Kier alpha value is -2.93. The van der Waals surface area contributed by atoms with E-state index in [9.17, 15) is 29.4 Å². The van der Waals surface area contributed by atoms with E-state index in [1.165, 1.54) is 11.8 Å². The van der Waals surface area contributed by atoms with Gasteiger partial charge in [-0.05, 0) is 44.9 Å². The molecule has 5 atom stereocenters. The first kappa shape index (κ1) is 29.1. The maximum absolute atomic E-state index is 13.0. The number of nitrogens with two attached hydrogens (primary N) is 3. The number of carboxylic acid groups (broad SMARTS) is 1. The van der Waals surface area contributed by atoms with Crippen LogP contribution in [-0.4, -0.2) is 88.1 Å². The Bertz CT molecular complexity index is 754. The molecule has 0 aromatic heterocycles. The lowest BCUT2D eigenvalue weighted by atomic mass is 10.0. The summed E-state index contributed by atoms with van der Waals surface area (Å²) in [4.78, 5) is 55.2. The maximum Gasteiger partial charge on any atom is 0.326 e. The smallest absolute Gasteiger partial charge is 0.326 e. The van der Waals surface area contributed by atoms with Gasteiger partial charge in [0.15, 0.2) is 5.96 Å². The molecule has 1 heterocycles. The molecular weight excluding hydrogens is 446 g/mol. The number of hydrogen-bond acceptors (Lipinski definition) is 7. The highest BCUT2D eigenvalue weighted by molar-refractivity contribution is 5.94. The molecule has 1 saturated heterocycles. The zero-order valence-electron chi connectivity index (χ0n) is 20.1. The van der Waals surface area contributed by atoms with Crippen LogP contribution in [0, 0.1) is 5.92 Å². The standard InChI is InChI=1S/C21H39N7O6/c1-11(2)10-14(17(30)26-13(20(33)34)6-4-8-25-21(23)24)27-18(31)15-7-5-9-28(15)19(32)16(22)12(3)29/h11-16,29H,4-10,22H2,1-3H3,(H,26,30)(H,27,31)(H,33,34)(H4,23,24,25). The number of nitrogens with one attached hydrogen (secondary N) is 2. The van der Waals surface area contributed by atoms with Crippen molar-refractivity contribution in [2.45, 2.75) is 83.1 Å². The first-order chi connectivity index (χ1) is 15.8. The minimum absolute atomic E-state index is 0.0196. The van der Waals surface area contributed by atoms with Crippen LogP contribution in [0.5, 0.6) is 0 Å². The van der Waals surface area contributed by atoms with Gasteiger partial charge in [0.2, 0.25) is 17.7 Å². The van der Waals surface area contributed by atoms with Gasteiger partial charge >= 0.3 is 5.97 Å². The van der Waals surface area contributed by atoms with Gasteiger partial charge in [0.1, 0.15) is 24.2 Å². The van der Waals surface area contributed by atoms with Crippen molar-refractivity contribution in [3.8, 4) is 0 Å². The molecule has 0 bridgehead atoms. The average molecular weight is 486 g/mol. The maximum atomic E-state index is 13.0. The van der Waals surface area contributed by atoms with Crippen LogP contribution in [0.4, 0.5) is 0 Å². The van der Waals surface area contributed by atoms with Gasteiger partial charge in [-0.15, -0.1) is 0 Å². The van der Waals surface area contributed by atoms with Crippen LogP contribution >= 0.6 is 0 Å². The zero-order valence-corrected chi connectivity index (χ0v) is 20.1. The zero-order chi connectivity index (χ0) is 26.0. The number of carboxylic acids is 1. The van der Waals surface area contributed by atoms with E-state index in [1.807, 2.05) is 13.8 Å². The molecule has 0 aromatic rings. The summed E-state index contributed by atoms with van der Waals surface area (Å²) in [5.74, 6) is -3.00. The van der Waals surface area contributed by atoms with Crippen molar-refractivity contribution in [1.82, 2.24) is 15.5 Å². The van der Waals surface area contributed by atoms with Gasteiger partial charge in [0.25, 0.3) is 0 Å². The van der Waals surface area contributed by atoms with Crippen LogP contribution in [0.2, 0.25) is 0 Å². The lowest BCUT2D eigenvalue weighted by Crippen LogP contribution is -2.57. The number of carbonyl (C=O) groups is 4. The van der Waals surface area contributed by atoms with Gasteiger partial charge in [-0.25, -0.2) is 4.79 Å². The molecule has 1 fully saturated rings. The summed E-state index contributed by atoms with van der Waals surface area (Å²) in [5, 5.41) is 24.3. The molecule has 1 aliphatic heterocycles. The molecule has 13 heteroatoms. The Morgan fingerprint density at radius 1 is 1.12 bits per heavy atom. The number of nitrogens with zero attached hydrogens (tertiary/aromatic N) is 2. The number of amides is 3. The van der Waals surface area contributed by atoms with Crippen molar-refractivity contribution >= 4 is 29.7 Å². The number of carbonyl (C=O) groups excluding carboxylic acids is 3. The third-order valence-corrected chi connectivity index (χ3v) is 5.54. The van der Waals surface area contributed by atoms with Crippen molar-refractivity contribution < 1.29 is 29.4 Å². The van der Waals surface area contributed by atoms with E-state index in [2.05, 4.69) is 15.6 Å². The summed E-state index contributed by atoms with van der Waals surface area (Å²) in [6.07, 6.45) is 0.598. The molecule has 0 aliphatic carbocycles. The highest BCUT2D eigenvalue weighted by Gasteiger charge is 2.38. The van der Waals surface area contributed by atoms with Crippen molar-refractivity contribution in [2.75, 3.05) is 13.1 Å². The molecule has 1 rings (SSSR count). The van der Waals surface area contributed by atoms with Crippen LogP contribution in [0.3, 0.4) is 0 Å². The highest BCUT2D eigenvalue weighted by Crippen LogP contribution is 2.19. The molecule has 0 spiro atoms. The number of aliphatic imine (C=N–C) groups is 1. The van der Waals surface area contributed by atoms with Crippen LogP contribution in [-0.2, 0) is 19.2 Å². The Kier molecular flexibility index (Phi) is 11.7. The second-order valence-corrected chi connectivity index (χ2v) is 8.99. The molecule has 1 aliphatic rings. The van der Waals surface area contributed by atoms with Gasteiger partial charge < -0.3 is 42.9 Å². The number of guanidine groups is 1. The fourth-order valence-corrected chi connectivity index (χ4v) is 3.70. The monoisotopic (exact) mass is 485 g/mol. The summed E-state index contributed by atoms with van der Waals surface area (Å²) in [6, 6.07) is -4.15. The Morgan fingerprint density at radius 3 is 2.29 bits per heavy atom. The van der Waals surface area contributed by atoms with Gasteiger partial charge in [-0.2, -0.15) is 0 Å². The summed E-state index contributed by atoms with van der Waals surface area (Å²) in [6.45, 7) is 5.66. The quantitative estimate of drug-likeness (QED) is 0.0854. The molecule has 13 nitrogen and oxygen atoms in total. The first-order valence-corrected chi connectivity index (χ1v) is 11.5. The van der Waals surface area contributed by atoms with Crippen molar-refractivity contribution in [2.24, 2.45) is 28.1 Å². The Labute approximate surface area is 199 Å².